The number of carbonyl (C=O) groups is 1. The highest BCUT2D eigenvalue weighted by molar-refractivity contribution is 6.32. The van der Waals surface area contributed by atoms with Crippen LogP contribution in [0.1, 0.15) is 30.7 Å². The molecule has 0 spiro atoms. The van der Waals surface area contributed by atoms with Gasteiger partial charge in [-0.25, -0.2) is 0 Å². The zero-order valence-electron chi connectivity index (χ0n) is 11.0. The number of fused-ring (bicyclic) bond motifs is 1. The molecule has 1 atom stereocenters. The van der Waals surface area contributed by atoms with Crippen LogP contribution in [0.25, 0.3) is 0 Å². The van der Waals surface area contributed by atoms with Gasteiger partial charge in [-0.1, -0.05) is 23.7 Å². The van der Waals surface area contributed by atoms with E-state index in [1.165, 1.54) is 0 Å². The van der Waals surface area contributed by atoms with Gasteiger partial charge in [-0.3, -0.25) is 4.79 Å². The second-order valence-corrected chi connectivity index (χ2v) is 5.47. The van der Waals surface area contributed by atoms with Crippen LogP contribution in [0, 0.1) is 0 Å². The van der Waals surface area contributed by atoms with E-state index < -0.39 is 0 Å². The van der Waals surface area contributed by atoms with Gasteiger partial charge in [-0.2, -0.15) is 0 Å². The fourth-order valence-electron chi connectivity index (χ4n) is 2.68. The Kier molecular flexibility index (Phi) is 3.53. The molecule has 1 aliphatic carbocycles. The molecule has 0 N–H and O–H groups in total. The predicted octanol–water partition coefficient (Wildman–Crippen LogP) is 3.93. The van der Waals surface area contributed by atoms with Gasteiger partial charge in [0, 0.05) is 17.0 Å². The van der Waals surface area contributed by atoms with Crippen LogP contribution in [0.4, 0.5) is 0 Å². The summed E-state index contributed by atoms with van der Waals surface area (Å²) in [5, 5.41) is 0.656. The lowest BCUT2D eigenvalue weighted by molar-refractivity contribution is -0.116. The zero-order valence-corrected chi connectivity index (χ0v) is 11.8. The third kappa shape index (κ3) is 2.34. The Morgan fingerprint density at radius 1 is 1.30 bits per heavy atom. The van der Waals surface area contributed by atoms with Gasteiger partial charge < -0.3 is 9.47 Å². The summed E-state index contributed by atoms with van der Waals surface area (Å²) >= 11 is 6.27. The lowest BCUT2D eigenvalue weighted by atomic mass is 9.82. The van der Waals surface area contributed by atoms with Gasteiger partial charge in [0.05, 0.1) is 0 Å². The van der Waals surface area contributed by atoms with Gasteiger partial charge in [-0.15, -0.1) is 6.58 Å². The zero-order chi connectivity index (χ0) is 14.1. The highest BCUT2D eigenvalue weighted by atomic mass is 35.5. The van der Waals surface area contributed by atoms with Crippen molar-refractivity contribution in [1.82, 2.24) is 0 Å². The van der Waals surface area contributed by atoms with Crippen LogP contribution in [0.2, 0.25) is 0 Å². The molecule has 0 bridgehead atoms. The van der Waals surface area contributed by atoms with Crippen LogP contribution in [0.3, 0.4) is 0 Å². The van der Waals surface area contributed by atoms with Crippen molar-refractivity contribution in [2.75, 3.05) is 6.79 Å². The van der Waals surface area contributed by atoms with Crippen molar-refractivity contribution >= 4 is 17.4 Å². The van der Waals surface area contributed by atoms with Crippen molar-refractivity contribution in [3.05, 3.63) is 47.0 Å². The first-order valence-corrected chi connectivity index (χ1v) is 6.98. The molecule has 1 aliphatic heterocycles. The normalized spacial score (nSPS) is 21.2. The van der Waals surface area contributed by atoms with E-state index >= 15 is 0 Å². The molecule has 1 heterocycles. The van der Waals surface area contributed by atoms with E-state index in [1.807, 2.05) is 18.2 Å². The molecule has 20 heavy (non-hydrogen) atoms. The van der Waals surface area contributed by atoms with Crippen molar-refractivity contribution in [3.63, 3.8) is 0 Å². The number of halogens is 1. The first-order chi connectivity index (χ1) is 9.69. The lowest BCUT2D eigenvalue weighted by Crippen LogP contribution is -2.16. The monoisotopic (exact) mass is 290 g/mol. The second kappa shape index (κ2) is 5.33. The van der Waals surface area contributed by atoms with Crippen LogP contribution in [0.5, 0.6) is 11.5 Å². The van der Waals surface area contributed by atoms with Crippen LogP contribution in [-0.4, -0.2) is 12.6 Å². The summed E-state index contributed by atoms with van der Waals surface area (Å²) in [6, 6.07) is 5.82. The molecule has 2 aliphatic rings. The fourth-order valence-corrected chi connectivity index (χ4v) is 3.05. The van der Waals surface area contributed by atoms with E-state index in [-0.39, 0.29) is 18.5 Å². The van der Waals surface area contributed by atoms with Crippen LogP contribution < -0.4 is 9.47 Å². The number of ether oxygens (including phenoxy) is 2. The van der Waals surface area contributed by atoms with E-state index in [0.29, 0.717) is 29.9 Å². The number of Topliss-reactive ketones (excluding diaryl/α,β-unsaturated/α-hetero) is 1. The molecule has 1 aromatic rings. The number of carbonyl (C=O) groups excluding carboxylic acids is 1. The number of ketones is 1. The molecule has 3 rings (SSSR count). The maximum Gasteiger partial charge on any atom is 0.231 e. The van der Waals surface area contributed by atoms with Gasteiger partial charge in [-0.05, 0) is 36.5 Å². The van der Waals surface area contributed by atoms with Gasteiger partial charge in [0.25, 0.3) is 0 Å². The molecule has 1 unspecified atom stereocenters. The summed E-state index contributed by atoms with van der Waals surface area (Å²) in [6.07, 6.45) is 3.44. The summed E-state index contributed by atoms with van der Waals surface area (Å²) in [6.45, 7) is 3.92. The molecule has 1 aromatic carbocycles. The topological polar surface area (TPSA) is 35.5 Å². The summed E-state index contributed by atoms with van der Waals surface area (Å²) in [7, 11) is 0. The highest BCUT2D eigenvalue weighted by Crippen LogP contribution is 2.41. The van der Waals surface area contributed by atoms with Crippen LogP contribution >= 0.6 is 11.6 Å². The van der Waals surface area contributed by atoms with E-state index in [4.69, 9.17) is 21.1 Å². The minimum Gasteiger partial charge on any atom is -0.454 e. The Hall–Kier alpha value is -1.74. The average molecular weight is 291 g/mol. The molecule has 0 amide bonds. The van der Waals surface area contributed by atoms with Crippen molar-refractivity contribution < 1.29 is 14.3 Å². The molecule has 0 saturated heterocycles. The fraction of sp³-hybridized carbons (Fsp3) is 0.312. The molecular formula is C16H15ClO3. The Bertz CT molecular complexity index is 604. The molecule has 0 aromatic heterocycles. The summed E-state index contributed by atoms with van der Waals surface area (Å²) in [5.41, 5.74) is 1.78. The SMILES string of the molecule is C=CCC1=C(Cl)CC(c2ccc3c(c2)OCO3)CC1=O. The number of hydrogen-bond donors (Lipinski definition) is 0. The van der Waals surface area contributed by atoms with Crippen molar-refractivity contribution in [1.29, 1.82) is 0 Å². The third-order valence-corrected chi connectivity index (χ3v) is 4.12. The Morgan fingerprint density at radius 2 is 2.10 bits per heavy atom. The highest BCUT2D eigenvalue weighted by Gasteiger charge is 2.28. The standard InChI is InChI=1S/C16H15ClO3/c1-2-3-12-13(17)6-11(7-14(12)18)10-4-5-15-16(8-10)20-9-19-15/h2,4-5,8,11H,1,3,6-7,9H2. The Labute approximate surface area is 122 Å². The minimum atomic E-state index is 0.109. The largest absolute Gasteiger partial charge is 0.454 e. The molecule has 3 nitrogen and oxygen atoms in total. The first-order valence-electron chi connectivity index (χ1n) is 6.60. The number of rotatable bonds is 3. The first kappa shape index (κ1) is 13.3. The molecule has 0 radical (unpaired) electrons. The number of hydrogen-bond acceptors (Lipinski definition) is 3. The van der Waals surface area contributed by atoms with Gasteiger partial charge in [0.2, 0.25) is 6.79 Å². The van der Waals surface area contributed by atoms with E-state index in [1.54, 1.807) is 6.08 Å². The van der Waals surface area contributed by atoms with Gasteiger partial charge in [0.1, 0.15) is 0 Å². The van der Waals surface area contributed by atoms with Crippen LogP contribution in [-0.2, 0) is 4.79 Å². The van der Waals surface area contributed by atoms with E-state index in [0.717, 1.165) is 17.1 Å². The average Bonchev–Trinajstić information content (AvgIpc) is 2.90. The molecule has 104 valence electrons. The van der Waals surface area contributed by atoms with Crippen molar-refractivity contribution in [2.45, 2.75) is 25.2 Å². The molecular weight excluding hydrogens is 276 g/mol. The molecule has 4 heteroatoms. The second-order valence-electron chi connectivity index (χ2n) is 5.02. The smallest absolute Gasteiger partial charge is 0.231 e. The van der Waals surface area contributed by atoms with E-state index in [9.17, 15) is 4.79 Å². The maximum atomic E-state index is 12.2. The van der Waals surface area contributed by atoms with Crippen molar-refractivity contribution in [3.8, 4) is 11.5 Å². The summed E-state index contributed by atoms with van der Waals surface area (Å²) < 4.78 is 10.7. The molecule has 0 saturated carbocycles. The van der Waals surface area contributed by atoms with Crippen LogP contribution in [0.15, 0.2) is 41.5 Å². The number of benzene rings is 1. The lowest BCUT2D eigenvalue weighted by Gasteiger charge is -2.23. The maximum absolute atomic E-state index is 12.2. The van der Waals surface area contributed by atoms with Crippen molar-refractivity contribution in [2.24, 2.45) is 0 Å². The third-order valence-electron chi connectivity index (χ3n) is 3.74. The Balaban J connectivity index is 1.86. The minimum absolute atomic E-state index is 0.109. The van der Waals surface area contributed by atoms with Gasteiger partial charge >= 0.3 is 0 Å². The summed E-state index contributed by atoms with van der Waals surface area (Å²) in [5.74, 6) is 1.72. The molecule has 0 fully saturated rings. The van der Waals surface area contributed by atoms with E-state index in [2.05, 4.69) is 6.58 Å². The van der Waals surface area contributed by atoms with Gasteiger partial charge in [0.15, 0.2) is 17.3 Å². The quantitative estimate of drug-likeness (QED) is 0.791. The Morgan fingerprint density at radius 3 is 2.85 bits per heavy atom. The number of allylic oxidation sites excluding steroid dienone is 3. The predicted molar refractivity (Wildman–Crippen MR) is 77.2 cm³/mol. The summed E-state index contributed by atoms with van der Waals surface area (Å²) in [4.78, 5) is 12.2.